The van der Waals surface area contributed by atoms with Crippen molar-refractivity contribution in [3.63, 3.8) is 0 Å². The molecule has 22 atom stereocenters. The molecule has 8 saturated carbocycles. The standard InChI is InChI=1S/C26H33FN6O2S.C25H32FN7O4S.C25H30FN7O4S.C25H32FN7O2S/c1-33-6-4-14(5-7-33)17-3-2-16-12-20(17)35-8-9-36-21-11-15-10-18(21)23(22(15)24(28)34)31-25-19(27)13-29-26(30-16)32-25;2*1-32-4-6-33(7-5-32)18-3-2-14-10-15(18)19(34)12-38(36,37)20-9-13-8-16(20)22(21(13)23(27)35)30-24-17(26)11-28-25(29-14)31-24;1-32-4-6-33(7-5-32)18-3-2-14-10-15(18)19(34)12-36-20-9-13-8-16(20)22(21(13)23(27)35)30-24-17(26)11-28-25(29-14)31-24/h2-3,12-15,18,21-23H,4-11H2,1H3,(H2,28,34)(H2,29,30,31,32);2-3,10-11,13,16,19-22,34H,4-9,12H2,1H3,(H2,27,35)(H2,28,29,30,31);2-3,10-11,13,16,20-22H,4-9,12H2,1H3,(H2,27,35)(H2,28,29,30,31);2-3,10-11,13,16,19-22,34H,4-9,12H2,1H3,(H2,27,35)(H2,28,29,30,31)/t15-,18+,21+,22-,23+;13-,16+,19?,20+,21-,22+;13-,16+,20+,21-,22+;13-,16+,19+,20+,21-,22+/m0000/s1. The molecular weight excluding hydrogens is 1990 g/mol. The topological polar surface area (TPSA) is 529 Å². The summed E-state index contributed by atoms with van der Waals surface area (Å²) in [4.78, 5) is 112. The van der Waals surface area contributed by atoms with E-state index in [1.54, 1.807) is 42.1 Å². The van der Waals surface area contributed by atoms with Gasteiger partial charge in [0.15, 0.2) is 72.0 Å². The minimum Gasteiger partial charge on any atom is -0.492 e. The highest BCUT2D eigenvalue weighted by atomic mass is 32.2. The lowest BCUT2D eigenvalue weighted by atomic mass is 9.83. The lowest BCUT2D eigenvalue weighted by molar-refractivity contribution is -0.124. The van der Waals surface area contributed by atoms with Crippen LogP contribution in [0.15, 0.2) is 97.6 Å². The van der Waals surface area contributed by atoms with E-state index in [9.17, 15) is 68.6 Å². The van der Waals surface area contributed by atoms with Gasteiger partial charge in [0.25, 0.3) is 0 Å². The Morgan fingerprint density at radius 1 is 0.412 bits per heavy atom. The minimum atomic E-state index is -3.89. The third-order valence-corrected chi connectivity index (χ3v) is 41.1. The van der Waals surface area contributed by atoms with E-state index in [4.69, 9.17) is 27.7 Å². The lowest BCUT2D eigenvalue weighted by Crippen LogP contribution is -2.49. The van der Waals surface area contributed by atoms with Crippen LogP contribution in [0.4, 0.5) is 104 Å². The van der Waals surface area contributed by atoms with Gasteiger partial charge < -0.3 is 115 Å². The minimum absolute atomic E-state index is 0.0754. The van der Waals surface area contributed by atoms with Crippen molar-refractivity contribution in [1.29, 1.82) is 0 Å². The molecule has 8 aliphatic heterocycles. The lowest BCUT2D eigenvalue weighted by Gasteiger charge is -2.37. The van der Waals surface area contributed by atoms with E-state index in [-0.39, 0.29) is 136 Å². The normalized spacial score (nSPS) is 31.2. The van der Waals surface area contributed by atoms with E-state index in [1.807, 2.05) is 62.3 Å². The largest absolute Gasteiger partial charge is 0.492 e. The van der Waals surface area contributed by atoms with Gasteiger partial charge in [-0.1, -0.05) is 6.07 Å². The van der Waals surface area contributed by atoms with Crippen LogP contribution in [-0.2, 0) is 38.9 Å². The summed E-state index contributed by atoms with van der Waals surface area (Å²) >= 11 is 3.64. The smallest absolute Gasteiger partial charge is 0.229 e. The van der Waals surface area contributed by atoms with Crippen molar-refractivity contribution in [2.75, 3.05) is 207 Å². The molecule has 39 nitrogen and oxygen atoms in total. The van der Waals surface area contributed by atoms with Crippen molar-refractivity contribution in [2.24, 2.45) is 93.9 Å². The number of piperidine rings is 1. The first-order chi connectivity index (χ1) is 71.0. The number of ketones is 1. The Bertz CT molecular complexity index is 6630. The second-order valence-electron chi connectivity index (χ2n) is 42.8. The van der Waals surface area contributed by atoms with Crippen molar-refractivity contribution in [2.45, 2.75) is 128 Å². The monoisotopic (exact) mass is 2110 g/mol. The van der Waals surface area contributed by atoms with Gasteiger partial charge in [0.05, 0.1) is 83.5 Å². The molecular formula is C101H127F4N27O12S4. The third kappa shape index (κ3) is 20.9. The van der Waals surface area contributed by atoms with E-state index in [0.717, 1.165) is 175 Å². The molecule has 47 heteroatoms. The number of ether oxygens (including phenoxy) is 1. The summed E-state index contributed by atoms with van der Waals surface area (Å²) in [6.07, 6.45) is 9.70. The van der Waals surface area contributed by atoms with Gasteiger partial charge in [0, 0.05) is 187 Å². The number of likely N-dealkylation sites (N-methyl/N-ethyl adjacent to an activating group) is 3. The number of likely N-dealkylation sites (tertiary alicyclic amines) is 1. The molecule has 18 N–H and O–H groups in total. The molecule has 4 aromatic heterocycles. The molecule has 148 heavy (non-hydrogen) atoms. The van der Waals surface area contributed by atoms with Crippen molar-refractivity contribution in [3.8, 4) is 5.75 Å². The van der Waals surface area contributed by atoms with Crippen LogP contribution in [0.5, 0.6) is 5.75 Å². The molecule has 24 rings (SSSR count). The number of aliphatic hydroxyl groups excluding tert-OH is 2. The number of nitrogens with two attached hydrogens (primary N) is 4. The summed E-state index contributed by atoms with van der Waals surface area (Å²) < 4.78 is 120. The molecule has 0 radical (unpaired) electrons. The molecule has 8 aromatic rings. The fraction of sp³-hybridized carbons (Fsp3) is 0.554. The van der Waals surface area contributed by atoms with Crippen molar-refractivity contribution in [1.82, 2.24) is 59.5 Å². The number of primary amides is 4. The van der Waals surface area contributed by atoms with E-state index < -0.39 is 131 Å². The van der Waals surface area contributed by atoms with Gasteiger partial charge >= 0.3 is 0 Å². The summed E-state index contributed by atoms with van der Waals surface area (Å²) in [6.45, 7) is 12.7. The zero-order valence-corrected chi connectivity index (χ0v) is 85.9. The highest BCUT2D eigenvalue weighted by Crippen LogP contribution is 2.59. The van der Waals surface area contributed by atoms with Gasteiger partial charge in [-0.3, -0.25) is 24.0 Å². The van der Waals surface area contributed by atoms with Crippen LogP contribution < -0.4 is 84.9 Å². The van der Waals surface area contributed by atoms with E-state index in [2.05, 4.69) is 137 Å². The summed E-state index contributed by atoms with van der Waals surface area (Å²) in [7, 11) is 0.689. The zero-order valence-electron chi connectivity index (χ0n) is 82.7. The summed E-state index contributed by atoms with van der Waals surface area (Å²) in [6, 6.07) is 20.7. The number of nitrogens with one attached hydrogen (secondary N) is 8. The van der Waals surface area contributed by atoms with Crippen molar-refractivity contribution < 1.29 is 73.3 Å². The molecule has 16 aliphatic rings. The number of halogens is 4. The number of aromatic nitrogens is 8. The number of sulfone groups is 2. The maximum atomic E-state index is 14.8. The molecule has 790 valence electrons. The average molecular weight is 2120 g/mol. The Morgan fingerprint density at radius 2 is 0.764 bits per heavy atom. The number of Topliss-reactive ketones (excluding diaryl/α,β-unsaturated/α-hetero) is 1. The first-order valence-corrected chi connectivity index (χ1v) is 56.7. The molecule has 4 amide bonds. The number of carbonyl (C=O) groups is 5. The summed E-state index contributed by atoms with van der Waals surface area (Å²) in [5.41, 5.74) is 30.9. The van der Waals surface area contributed by atoms with E-state index in [0.29, 0.717) is 77.6 Å². The fourth-order valence-electron chi connectivity index (χ4n) is 26.6. The maximum Gasteiger partial charge on any atom is 0.229 e. The molecule has 12 heterocycles. The van der Waals surface area contributed by atoms with Crippen LogP contribution in [0.1, 0.15) is 109 Å². The fourth-order valence-corrected chi connectivity index (χ4v) is 33.8. The molecule has 1 unspecified atom stereocenters. The Balaban J connectivity index is 0.000000116. The number of rotatable bonds is 8. The maximum absolute atomic E-state index is 14.8. The van der Waals surface area contributed by atoms with Gasteiger partial charge in [0.1, 0.15) is 11.5 Å². The predicted octanol–water partition coefficient (Wildman–Crippen LogP) is 7.64. The Kier molecular flexibility index (Phi) is 29.0. The van der Waals surface area contributed by atoms with Gasteiger partial charge in [-0.2, -0.15) is 43.5 Å². The Hall–Kier alpha value is -11.6. The molecule has 4 aromatic carbocycles. The van der Waals surface area contributed by atoms with Gasteiger partial charge in [-0.25, -0.2) is 54.3 Å². The number of hydrogen-bond donors (Lipinski definition) is 14. The van der Waals surface area contributed by atoms with Crippen LogP contribution >= 0.6 is 23.5 Å². The number of nitrogens with zero attached hydrogens (tertiary/aromatic N) is 15. The SMILES string of the molecule is CN1CCC(c2ccc3cc2OCCS[C@@H]2C[C@@H]4C[C@H]2[C@@H](Nc2nc(ncc2F)N3)[C@H]4C(N)=O)CC1.CN1CCN(c2ccc3cc2C(=O)CS(=O)(=O)[C@@H]2C[C@@H]4C[C@H]2[C@@H](Nc2nc(ncc2F)N3)[C@H]4C(N)=O)CC1.CN1CCN(c2ccc3cc2C(O)CS(=O)(=O)[C@@H]2C[C@@H]4C[C@H]2[C@@H](Nc2nc(ncc2F)N3)[C@H]4C(N)=O)CC1.CN1CCN(c2ccc3cc2[C@H](O)CS[C@@H]2C[C@@H]4C[C@H]2[C@@H](Nc2nc(ncc2F)N3)[C@H]4C(N)=O)CC1. The summed E-state index contributed by atoms with van der Waals surface area (Å²) in [5, 5.41) is 46.7. The number of fused-ring (bicyclic) bond motifs is 20. The number of anilines is 15. The number of amides is 4. The van der Waals surface area contributed by atoms with Crippen LogP contribution in [-0.4, -0.2) is 311 Å². The van der Waals surface area contributed by atoms with Gasteiger partial charge in [-0.15, -0.1) is 0 Å². The van der Waals surface area contributed by atoms with Crippen molar-refractivity contribution in [3.05, 3.63) is 143 Å². The van der Waals surface area contributed by atoms with Crippen LogP contribution in [0.25, 0.3) is 0 Å². The summed E-state index contributed by atoms with van der Waals surface area (Å²) in [5.74, 6) is -5.24. The molecule has 24 bridgehead atoms. The predicted molar refractivity (Wildman–Crippen MR) is 558 cm³/mol. The number of piperazine rings is 3. The number of carbonyl (C=O) groups excluding carboxylic acids is 5. The highest BCUT2D eigenvalue weighted by molar-refractivity contribution is 8.00. The van der Waals surface area contributed by atoms with E-state index >= 15 is 0 Å². The second kappa shape index (κ2) is 42.0. The van der Waals surface area contributed by atoms with Gasteiger partial charge in [0.2, 0.25) is 47.4 Å². The highest BCUT2D eigenvalue weighted by Gasteiger charge is 2.62. The number of thioether (sulfide) groups is 2. The first kappa shape index (κ1) is 102. The number of aliphatic hydroxyl groups is 2. The Morgan fingerprint density at radius 3 is 1.19 bits per heavy atom. The van der Waals surface area contributed by atoms with Gasteiger partial charge in [-0.05, 0) is 225 Å². The molecule has 12 fully saturated rings. The first-order valence-electron chi connectivity index (χ1n) is 51.2. The number of benzene rings is 4. The number of hydrogen-bond acceptors (Lipinski definition) is 37. The molecule has 4 saturated heterocycles. The van der Waals surface area contributed by atoms with E-state index in [1.165, 1.54) is 11.8 Å². The quantitative estimate of drug-likeness (QED) is 0.0649. The molecule has 0 spiro atoms. The third-order valence-electron chi connectivity index (χ3n) is 33.9. The Labute approximate surface area is 864 Å². The van der Waals surface area contributed by atoms with Crippen LogP contribution in [0.2, 0.25) is 0 Å². The molecule has 8 aliphatic carbocycles. The van der Waals surface area contributed by atoms with Crippen LogP contribution in [0, 0.1) is 94.3 Å². The van der Waals surface area contributed by atoms with Crippen molar-refractivity contribution >= 4 is 159 Å². The average Bonchev–Trinajstić information content (AvgIpc) is 1.59. The zero-order chi connectivity index (χ0) is 103. The second-order valence-corrected chi connectivity index (χ2v) is 49.9. The van der Waals surface area contributed by atoms with Crippen LogP contribution in [0.3, 0.4) is 0 Å².